The Morgan fingerprint density at radius 3 is 2.10 bits per heavy atom. The lowest BCUT2D eigenvalue weighted by atomic mass is 9.94. The molecule has 0 aromatic heterocycles. The van der Waals surface area contributed by atoms with Crippen LogP contribution in [0, 0.1) is 17.7 Å². The molecule has 0 amide bonds. The molecular formula is C14H22FNO3S. The number of rotatable bonds is 6. The van der Waals surface area contributed by atoms with Crippen LogP contribution in [0.3, 0.4) is 0 Å². The van der Waals surface area contributed by atoms with E-state index in [4.69, 9.17) is 4.74 Å². The maximum atomic E-state index is 13.6. The molecule has 0 aliphatic rings. The van der Waals surface area contributed by atoms with Crippen molar-refractivity contribution in [3.8, 4) is 5.75 Å². The average molecular weight is 303 g/mol. The van der Waals surface area contributed by atoms with Crippen molar-refractivity contribution in [1.82, 2.24) is 4.72 Å². The largest absolute Gasteiger partial charge is 0.494 e. The molecule has 0 unspecified atom stereocenters. The number of hydrogen-bond donors (Lipinski definition) is 1. The molecule has 0 saturated carbocycles. The van der Waals surface area contributed by atoms with Crippen LogP contribution < -0.4 is 9.46 Å². The van der Waals surface area contributed by atoms with E-state index in [2.05, 4.69) is 4.72 Å². The first-order chi connectivity index (χ1) is 9.19. The Morgan fingerprint density at radius 2 is 1.70 bits per heavy atom. The van der Waals surface area contributed by atoms with Crippen LogP contribution in [-0.2, 0) is 10.0 Å². The van der Waals surface area contributed by atoms with E-state index in [1.54, 1.807) is 0 Å². The smallest absolute Gasteiger partial charge is 0.240 e. The van der Waals surface area contributed by atoms with Crippen molar-refractivity contribution in [3.05, 3.63) is 24.0 Å². The Labute approximate surface area is 120 Å². The highest BCUT2D eigenvalue weighted by molar-refractivity contribution is 7.89. The molecule has 0 fully saturated rings. The highest BCUT2D eigenvalue weighted by atomic mass is 32.2. The lowest BCUT2D eigenvalue weighted by molar-refractivity contribution is 0.355. The zero-order chi connectivity index (χ0) is 15.5. The van der Waals surface area contributed by atoms with Gasteiger partial charge in [0.25, 0.3) is 0 Å². The third-order valence-corrected chi connectivity index (χ3v) is 4.62. The molecule has 1 aromatic rings. The normalized spacial score (nSPS) is 12.4. The minimum Gasteiger partial charge on any atom is -0.494 e. The molecule has 1 rings (SSSR count). The van der Waals surface area contributed by atoms with Crippen LogP contribution in [0.25, 0.3) is 0 Å². The minimum atomic E-state index is -3.74. The summed E-state index contributed by atoms with van der Waals surface area (Å²) in [4.78, 5) is -0.0953. The van der Waals surface area contributed by atoms with E-state index < -0.39 is 15.8 Å². The fraction of sp³-hybridized carbons (Fsp3) is 0.571. The zero-order valence-electron chi connectivity index (χ0n) is 12.5. The third kappa shape index (κ3) is 3.93. The van der Waals surface area contributed by atoms with E-state index in [0.717, 1.165) is 6.07 Å². The average Bonchev–Trinajstić information content (AvgIpc) is 2.35. The van der Waals surface area contributed by atoms with Gasteiger partial charge in [-0.2, -0.15) is 0 Å². The van der Waals surface area contributed by atoms with Crippen LogP contribution in [0.5, 0.6) is 5.75 Å². The molecule has 0 aliphatic heterocycles. The summed E-state index contributed by atoms with van der Waals surface area (Å²) in [6.07, 6.45) is 0. The Morgan fingerprint density at radius 1 is 1.15 bits per heavy atom. The quantitative estimate of drug-likeness (QED) is 0.879. The number of hydrogen-bond acceptors (Lipinski definition) is 3. The Bertz CT molecular complexity index is 548. The Hall–Kier alpha value is -1.14. The summed E-state index contributed by atoms with van der Waals surface area (Å²) in [7, 11) is -2.41. The summed E-state index contributed by atoms with van der Waals surface area (Å²) in [6.45, 7) is 7.78. The van der Waals surface area contributed by atoms with Crippen molar-refractivity contribution in [2.45, 2.75) is 38.6 Å². The van der Waals surface area contributed by atoms with Crippen LogP contribution in [0.1, 0.15) is 27.7 Å². The lowest BCUT2D eigenvalue weighted by Gasteiger charge is -2.25. The first-order valence-electron chi connectivity index (χ1n) is 6.55. The van der Waals surface area contributed by atoms with Crippen molar-refractivity contribution in [1.29, 1.82) is 0 Å². The van der Waals surface area contributed by atoms with Gasteiger partial charge in [0.15, 0.2) is 11.6 Å². The van der Waals surface area contributed by atoms with Crippen molar-refractivity contribution in [2.75, 3.05) is 7.11 Å². The van der Waals surface area contributed by atoms with Gasteiger partial charge in [0, 0.05) is 6.04 Å². The van der Waals surface area contributed by atoms with Crippen LogP contribution in [0.15, 0.2) is 23.1 Å². The summed E-state index contributed by atoms with van der Waals surface area (Å²) in [5.41, 5.74) is 0. The van der Waals surface area contributed by atoms with Gasteiger partial charge in [-0.05, 0) is 30.0 Å². The van der Waals surface area contributed by atoms with Gasteiger partial charge < -0.3 is 4.74 Å². The van der Waals surface area contributed by atoms with E-state index in [-0.39, 0.29) is 28.5 Å². The molecular weight excluding hydrogens is 281 g/mol. The van der Waals surface area contributed by atoms with Gasteiger partial charge in [0.1, 0.15) is 0 Å². The van der Waals surface area contributed by atoms with Gasteiger partial charge in [-0.15, -0.1) is 0 Å². The molecule has 0 saturated heterocycles. The molecule has 6 heteroatoms. The van der Waals surface area contributed by atoms with Gasteiger partial charge >= 0.3 is 0 Å². The van der Waals surface area contributed by atoms with Crippen LogP contribution >= 0.6 is 0 Å². The van der Waals surface area contributed by atoms with Crippen molar-refractivity contribution >= 4 is 10.0 Å². The van der Waals surface area contributed by atoms with Crippen molar-refractivity contribution in [3.63, 3.8) is 0 Å². The summed E-state index contributed by atoms with van der Waals surface area (Å²) >= 11 is 0. The standard InChI is InChI=1S/C14H22FNO3S/c1-9(2)14(10(3)4)16-20(17,18)11-6-7-13(19-5)12(15)8-11/h6-10,14,16H,1-5H3. The van der Waals surface area contributed by atoms with Crippen molar-refractivity contribution < 1.29 is 17.5 Å². The molecule has 0 spiro atoms. The molecule has 0 atom stereocenters. The van der Waals surface area contributed by atoms with E-state index in [0.29, 0.717) is 0 Å². The summed E-state index contributed by atoms with van der Waals surface area (Å²) in [5, 5.41) is 0. The van der Waals surface area contributed by atoms with Gasteiger partial charge in [-0.25, -0.2) is 17.5 Å². The van der Waals surface area contributed by atoms with E-state index in [1.165, 1.54) is 19.2 Å². The molecule has 114 valence electrons. The van der Waals surface area contributed by atoms with Gasteiger partial charge in [-0.3, -0.25) is 0 Å². The molecule has 0 radical (unpaired) electrons. The number of methoxy groups -OCH3 is 1. The topological polar surface area (TPSA) is 55.4 Å². The summed E-state index contributed by atoms with van der Waals surface area (Å²) in [5.74, 6) is -0.380. The van der Waals surface area contributed by atoms with E-state index in [9.17, 15) is 12.8 Å². The molecule has 20 heavy (non-hydrogen) atoms. The number of ether oxygens (including phenoxy) is 1. The van der Waals surface area contributed by atoms with E-state index >= 15 is 0 Å². The Kier molecular flexibility index (Phi) is 5.53. The summed E-state index contributed by atoms with van der Waals surface area (Å²) < 4.78 is 45.6. The third-order valence-electron chi connectivity index (χ3n) is 3.16. The second kappa shape index (κ2) is 6.54. The fourth-order valence-electron chi connectivity index (χ4n) is 2.10. The van der Waals surface area contributed by atoms with Gasteiger partial charge in [-0.1, -0.05) is 27.7 Å². The number of sulfonamides is 1. The highest BCUT2D eigenvalue weighted by Gasteiger charge is 2.25. The predicted octanol–water partition coefficient (Wildman–Crippen LogP) is 2.79. The molecule has 0 aliphatic carbocycles. The van der Waals surface area contributed by atoms with Crippen molar-refractivity contribution in [2.24, 2.45) is 11.8 Å². The van der Waals surface area contributed by atoms with Crippen LogP contribution in [0.4, 0.5) is 4.39 Å². The fourth-order valence-corrected chi connectivity index (χ4v) is 3.65. The number of benzene rings is 1. The maximum Gasteiger partial charge on any atom is 0.240 e. The Balaban J connectivity index is 3.07. The van der Waals surface area contributed by atoms with Crippen LogP contribution in [-0.4, -0.2) is 21.6 Å². The monoisotopic (exact) mass is 303 g/mol. The SMILES string of the molecule is COc1ccc(S(=O)(=O)NC(C(C)C)C(C)C)cc1F. The molecule has 0 bridgehead atoms. The molecule has 1 N–H and O–H groups in total. The first-order valence-corrected chi connectivity index (χ1v) is 8.03. The maximum absolute atomic E-state index is 13.6. The lowest BCUT2D eigenvalue weighted by Crippen LogP contribution is -2.42. The number of nitrogens with one attached hydrogen (secondary N) is 1. The zero-order valence-corrected chi connectivity index (χ0v) is 13.3. The van der Waals surface area contributed by atoms with E-state index in [1.807, 2.05) is 27.7 Å². The predicted molar refractivity (Wildman–Crippen MR) is 76.7 cm³/mol. The second-order valence-electron chi connectivity index (χ2n) is 5.43. The molecule has 0 heterocycles. The van der Waals surface area contributed by atoms with Gasteiger partial charge in [0.2, 0.25) is 10.0 Å². The number of halogens is 1. The highest BCUT2D eigenvalue weighted by Crippen LogP contribution is 2.22. The first kappa shape index (κ1) is 16.9. The second-order valence-corrected chi connectivity index (χ2v) is 7.15. The minimum absolute atomic E-state index is 0.0215. The van der Waals surface area contributed by atoms with Gasteiger partial charge in [0.05, 0.1) is 12.0 Å². The molecule has 1 aromatic carbocycles. The summed E-state index contributed by atoms with van der Waals surface area (Å²) in [6, 6.07) is 3.41. The van der Waals surface area contributed by atoms with Crippen LogP contribution in [0.2, 0.25) is 0 Å². The molecule has 4 nitrogen and oxygen atoms in total.